The first kappa shape index (κ1) is 10.5. The van der Waals surface area contributed by atoms with Crippen molar-refractivity contribution in [1.29, 1.82) is 0 Å². The van der Waals surface area contributed by atoms with E-state index in [1.54, 1.807) is 7.05 Å². The third kappa shape index (κ3) is 3.05. The number of fused-ring (bicyclic) bond motifs is 1. The maximum atomic E-state index is 9.70. The van der Waals surface area contributed by atoms with Crippen molar-refractivity contribution in [2.45, 2.75) is 13.3 Å². The van der Waals surface area contributed by atoms with Crippen LogP contribution in [0.25, 0.3) is 6.08 Å². The van der Waals surface area contributed by atoms with Crippen LogP contribution in [-0.2, 0) is 11.2 Å². The molecule has 0 saturated carbocycles. The number of carbonyl (C=O) groups is 1. The van der Waals surface area contributed by atoms with Crippen molar-refractivity contribution in [3.63, 3.8) is 0 Å². The van der Waals surface area contributed by atoms with Gasteiger partial charge in [0.25, 0.3) is 0 Å². The number of carbonyl (C=O) groups excluding carboxylic acids is 1. The Labute approximate surface area is 84.6 Å². The molecular formula is C12H15NO. The van der Waals surface area contributed by atoms with E-state index in [-0.39, 0.29) is 5.91 Å². The van der Waals surface area contributed by atoms with E-state index in [1.807, 2.05) is 0 Å². The molecule has 2 heteroatoms. The standard InChI is InChI=1S/C9H8.C3H7NO/c1-2-5-9-7-3-6-8(9)4-1;1-3(5)4-2/h1-6H,7H2;1-2H3,(H,4,5). The average molecular weight is 189 g/mol. The Morgan fingerprint density at radius 1 is 1.36 bits per heavy atom. The lowest BCUT2D eigenvalue weighted by atomic mass is 10.1. The molecule has 2 nitrogen and oxygen atoms in total. The first-order valence-electron chi connectivity index (χ1n) is 4.67. The smallest absolute Gasteiger partial charge is 0.216 e. The topological polar surface area (TPSA) is 29.1 Å². The van der Waals surface area contributed by atoms with Crippen molar-refractivity contribution in [2.75, 3.05) is 7.05 Å². The minimum absolute atomic E-state index is 0.00463. The van der Waals surface area contributed by atoms with Crippen molar-refractivity contribution in [1.82, 2.24) is 5.32 Å². The highest BCUT2D eigenvalue weighted by atomic mass is 16.1. The number of hydrogen-bond donors (Lipinski definition) is 1. The molecule has 0 bridgehead atoms. The van der Waals surface area contributed by atoms with Gasteiger partial charge in [-0.05, 0) is 17.5 Å². The molecule has 0 aliphatic heterocycles. The minimum atomic E-state index is 0.00463. The molecular weight excluding hydrogens is 174 g/mol. The highest BCUT2D eigenvalue weighted by Gasteiger charge is 2.00. The van der Waals surface area contributed by atoms with Crippen molar-refractivity contribution >= 4 is 12.0 Å². The van der Waals surface area contributed by atoms with Gasteiger partial charge in [-0.1, -0.05) is 36.4 Å². The summed E-state index contributed by atoms with van der Waals surface area (Å²) in [4.78, 5) is 9.70. The number of nitrogens with one attached hydrogen (secondary N) is 1. The molecule has 74 valence electrons. The molecule has 2 rings (SSSR count). The van der Waals surface area contributed by atoms with Gasteiger partial charge in [-0.15, -0.1) is 0 Å². The summed E-state index contributed by atoms with van der Waals surface area (Å²) in [6.45, 7) is 1.47. The van der Waals surface area contributed by atoms with Crippen LogP contribution in [0.4, 0.5) is 0 Å². The van der Waals surface area contributed by atoms with Crippen LogP contribution < -0.4 is 5.32 Å². The third-order valence-corrected chi connectivity index (χ3v) is 2.04. The summed E-state index contributed by atoms with van der Waals surface area (Å²) >= 11 is 0. The molecule has 0 heterocycles. The monoisotopic (exact) mass is 189 g/mol. The van der Waals surface area contributed by atoms with Crippen molar-refractivity contribution < 1.29 is 4.79 Å². The molecule has 1 aliphatic carbocycles. The fourth-order valence-corrected chi connectivity index (χ4v) is 1.20. The van der Waals surface area contributed by atoms with Crippen LogP contribution in [0, 0.1) is 0 Å². The zero-order valence-electron chi connectivity index (χ0n) is 8.58. The van der Waals surface area contributed by atoms with Gasteiger partial charge in [0, 0.05) is 14.0 Å². The Morgan fingerprint density at radius 3 is 2.57 bits per heavy atom. The molecule has 1 aromatic carbocycles. The van der Waals surface area contributed by atoms with Crippen LogP contribution in [-0.4, -0.2) is 13.0 Å². The van der Waals surface area contributed by atoms with E-state index in [0.29, 0.717) is 0 Å². The summed E-state index contributed by atoms with van der Waals surface area (Å²) in [5.41, 5.74) is 2.84. The molecule has 0 aromatic heterocycles. The van der Waals surface area contributed by atoms with Crippen LogP contribution in [0.5, 0.6) is 0 Å². The fourth-order valence-electron chi connectivity index (χ4n) is 1.20. The number of benzene rings is 1. The van der Waals surface area contributed by atoms with Gasteiger partial charge >= 0.3 is 0 Å². The summed E-state index contributed by atoms with van der Waals surface area (Å²) in [7, 11) is 1.60. The summed E-state index contributed by atoms with van der Waals surface area (Å²) < 4.78 is 0. The summed E-state index contributed by atoms with van der Waals surface area (Å²) in [6.07, 6.45) is 5.50. The molecule has 0 spiro atoms. The van der Waals surface area contributed by atoms with Gasteiger partial charge in [0.05, 0.1) is 0 Å². The summed E-state index contributed by atoms with van der Waals surface area (Å²) in [6, 6.07) is 8.49. The van der Waals surface area contributed by atoms with Gasteiger partial charge in [-0.3, -0.25) is 4.79 Å². The fraction of sp³-hybridized carbons (Fsp3) is 0.250. The van der Waals surface area contributed by atoms with Crippen LogP contribution in [0.3, 0.4) is 0 Å². The number of allylic oxidation sites excluding steroid dienone is 1. The van der Waals surface area contributed by atoms with E-state index in [2.05, 4.69) is 41.7 Å². The van der Waals surface area contributed by atoms with Crippen LogP contribution in [0.15, 0.2) is 30.3 Å². The first-order chi connectivity index (χ1) is 6.74. The zero-order chi connectivity index (χ0) is 10.4. The third-order valence-electron chi connectivity index (χ3n) is 2.04. The predicted octanol–water partition coefficient (Wildman–Crippen LogP) is 2.01. The molecule has 0 radical (unpaired) electrons. The SMILES string of the molecule is C1=Cc2ccccc2C1.CNC(C)=O. The van der Waals surface area contributed by atoms with Gasteiger partial charge < -0.3 is 5.32 Å². The Morgan fingerprint density at radius 2 is 2.00 bits per heavy atom. The van der Waals surface area contributed by atoms with Gasteiger partial charge in [-0.2, -0.15) is 0 Å². The van der Waals surface area contributed by atoms with Crippen molar-refractivity contribution in [3.8, 4) is 0 Å². The van der Waals surface area contributed by atoms with E-state index in [4.69, 9.17) is 0 Å². The number of rotatable bonds is 0. The highest BCUT2D eigenvalue weighted by molar-refractivity contribution is 5.72. The molecule has 0 unspecified atom stereocenters. The Bertz CT molecular complexity index is 342. The lowest BCUT2D eigenvalue weighted by Gasteiger charge is -1.93. The van der Waals surface area contributed by atoms with Gasteiger partial charge in [-0.25, -0.2) is 0 Å². The Balaban J connectivity index is 0.000000171. The van der Waals surface area contributed by atoms with E-state index in [1.165, 1.54) is 18.1 Å². The lowest BCUT2D eigenvalue weighted by Crippen LogP contribution is -2.11. The molecule has 1 amide bonds. The van der Waals surface area contributed by atoms with E-state index < -0.39 is 0 Å². The molecule has 0 atom stereocenters. The average Bonchev–Trinajstić information content (AvgIpc) is 2.66. The quantitative estimate of drug-likeness (QED) is 0.664. The summed E-state index contributed by atoms with van der Waals surface area (Å²) in [5.74, 6) is 0.00463. The Kier molecular flexibility index (Phi) is 3.92. The molecule has 1 N–H and O–H groups in total. The van der Waals surface area contributed by atoms with E-state index in [0.717, 1.165) is 6.42 Å². The maximum Gasteiger partial charge on any atom is 0.216 e. The largest absolute Gasteiger partial charge is 0.359 e. The van der Waals surface area contributed by atoms with Crippen molar-refractivity contribution in [3.05, 3.63) is 41.5 Å². The molecule has 0 saturated heterocycles. The first-order valence-corrected chi connectivity index (χ1v) is 4.67. The van der Waals surface area contributed by atoms with Gasteiger partial charge in [0.2, 0.25) is 5.91 Å². The number of hydrogen-bond acceptors (Lipinski definition) is 1. The van der Waals surface area contributed by atoms with Gasteiger partial charge in [0.15, 0.2) is 0 Å². The second-order valence-corrected chi connectivity index (χ2v) is 3.11. The lowest BCUT2D eigenvalue weighted by molar-refractivity contribution is -0.118. The molecule has 0 fully saturated rings. The second-order valence-electron chi connectivity index (χ2n) is 3.11. The predicted molar refractivity (Wildman–Crippen MR) is 58.9 cm³/mol. The maximum absolute atomic E-state index is 9.70. The van der Waals surface area contributed by atoms with Gasteiger partial charge in [0.1, 0.15) is 0 Å². The molecule has 14 heavy (non-hydrogen) atoms. The Hall–Kier alpha value is -1.57. The summed E-state index contributed by atoms with van der Waals surface area (Å²) in [5, 5.41) is 2.39. The normalized spacial score (nSPS) is 11.3. The zero-order valence-corrected chi connectivity index (χ0v) is 8.58. The minimum Gasteiger partial charge on any atom is -0.359 e. The second kappa shape index (κ2) is 5.22. The number of amides is 1. The van der Waals surface area contributed by atoms with Crippen LogP contribution >= 0.6 is 0 Å². The van der Waals surface area contributed by atoms with E-state index in [9.17, 15) is 4.79 Å². The van der Waals surface area contributed by atoms with Crippen LogP contribution in [0.2, 0.25) is 0 Å². The van der Waals surface area contributed by atoms with E-state index >= 15 is 0 Å². The molecule has 1 aliphatic rings. The van der Waals surface area contributed by atoms with Crippen LogP contribution in [0.1, 0.15) is 18.1 Å². The molecule has 1 aromatic rings. The van der Waals surface area contributed by atoms with Crippen molar-refractivity contribution in [2.24, 2.45) is 0 Å². The highest BCUT2D eigenvalue weighted by Crippen LogP contribution is 2.17.